The van der Waals surface area contributed by atoms with Gasteiger partial charge in [0.25, 0.3) is 0 Å². The molecular formula is C28H33N2NaO4. The van der Waals surface area contributed by atoms with Crippen LogP contribution in [0.15, 0.2) is 78.1 Å². The molecule has 35 heavy (non-hydrogen) atoms. The van der Waals surface area contributed by atoms with Gasteiger partial charge >= 0.3 is 35.5 Å². The van der Waals surface area contributed by atoms with E-state index >= 15 is 0 Å². The first-order chi connectivity index (χ1) is 16.6. The summed E-state index contributed by atoms with van der Waals surface area (Å²) in [5, 5.41) is 13.6. The normalized spacial score (nSPS) is 11.9. The summed E-state index contributed by atoms with van der Waals surface area (Å²) >= 11 is 0. The number of carboxylic acids is 1. The van der Waals surface area contributed by atoms with Crippen LogP contribution in [0.4, 0.5) is 0 Å². The Bertz CT molecular complexity index is 1060. The molecule has 3 aromatic rings. The van der Waals surface area contributed by atoms with Crippen molar-refractivity contribution in [3.05, 3.63) is 84.1 Å². The number of rotatable bonds is 13. The van der Waals surface area contributed by atoms with Crippen LogP contribution in [-0.2, 0) is 16.1 Å². The molecule has 1 N–H and O–H groups in total. The fourth-order valence-electron chi connectivity index (χ4n) is 3.58. The second-order valence-electron chi connectivity index (χ2n) is 8.18. The molecule has 1 heterocycles. The van der Waals surface area contributed by atoms with Crippen LogP contribution in [0.25, 0.3) is 11.3 Å². The fraction of sp³-hybridized carbons (Fsp3) is 0.321. The molecule has 0 aliphatic heterocycles. The maximum absolute atomic E-state index is 11.4. The van der Waals surface area contributed by atoms with Gasteiger partial charge in [0.05, 0.1) is 17.3 Å². The largest absolute Gasteiger partial charge is 1.00 e. The first-order valence-electron chi connectivity index (χ1n) is 11.7. The third-order valence-corrected chi connectivity index (χ3v) is 5.57. The van der Waals surface area contributed by atoms with Crippen molar-refractivity contribution in [1.29, 1.82) is 0 Å². The second kappa shape index (κ2) is 15.4. The van der Waals surface area contributed by atoms with E-state index in [0.717, 1.165) is 46.7 Å². The minimum Gasteiger partial charge on any atom is -1.00 e. The smallest absolute Gasteiger partial charge is 1.00 e. The number of nitrogens with zero attached hydrogens (tertiary/aromatic N) is 2. The summed E-state index contributed by atoms with van der Waals surface area (Å²) in [6.45, 7) is 4.66. The number of carbonyl (C=O) groups is 1. The molecule has 1 atom stereocenters. The van der Waals surface area contributed by atoms with E-state index in [-0.39, 0.29) is 36.9 Å². The molecule has 1 unspecified atom stereocenters. The minimum atomic E-state index is -0.731. The van der Waals surface area contributed by atoms with Crippen molar-refractivity contribution in [2.24, 2.45) is 11.1 Å². The van der Waals surface area contributed by atoms with Crippen LogP contribution in [-0.4, -0.2) is 35.0 Å². The van der Waals surface area contributed by atoms with Crippen LogP contribution in [0.3, 0.4) is 0 Å². The van der Waals surface area contributed by atoms with Crippen LogP contribution in [0.5, 0.6) is 5.75 Å². The maximum Gasteiger partial charge on any atom is 1.00 e. The molecule has 0 aliphatic rings. The first kappa shape index (κ1) is 28.6. The zero-order valence-electron chi connectivity index (χ0n) is 21.8. The van der Waals surface area contributed by atoms with Crippen molar-refractivity contribution >= 4 is 11.7 Å². The van der Waals surface area contributed by atoms with E-state index in [9.17, 15) is 9.90 Å². The topological polar surface area (TPSA) is 81.0 Å². The molecule has 0 aliphatic carbocycles. The Morgan fingerprint density at radius 2 is 1.80 bits per heavy atom. The summed E-state index contributed by atoms with van der Waals surface area (Å²) in [5.74, 6) is -0.350. The summed E-state index contributed by atoms with van der Waals surface area (Å²) in [6, 6.07) is 21.5. The molecule has 0 radical (unpaired) electrons. The van der Waals surface area contributed by atoms with E-state index < -0.39 is 5.97 Å². The molecule has 0 amide bonds. The van der Waals surface area contributed by atoms with Gasteiger partial charge in [0.2, 0.25) is 0 Å². The molecule has 0 saturated carbocycles. The Kier molecular flexibility index (Phi) is 12.5. The van der Waals surface area contributed by atoms with Gasteiger partial charge in [-0.05, 0) is 55.2 Å². The number of aliphatic carboxylic acids is 1. The zero-order chi connectivity index (χ0) is 24.2. The van der Waals surface area contributed by atoms with E-state index in [1.54, 1.807) is 6.20 Å². The average Bonchev–Trinajstić information content (AvgIpc) is 2.87. The Morgan fingerprint density at radius 3 is 2.43 bits per heavy atom. The first-order valence-corrected chi connectivity index (χ1v) is 11.7. The van der Waals surface area contributed by atoms with Gasteiger partial charge in [-0.2, -0.15) is 0 Å². The standard InChI is InChI=1S/C28H32N2O4.Na.H/c1-3-4-7-25(28(31)32)20-22-9-15-26(16-10-22)33-18-19-34-30-21(2)23-11-13-24(14-12-23)27-8-5-6-17-29-27;;/h5-6,8-17,25H,3-4,7,18-20H2,1-2H3,(H,31,32);;/q;+1;-1. The van der Waals surface area contributed by atoms with Gasteiger partial charge in [0.15, 0.2) is 6.61 Å². The van der Waals surface area contributed by atoms with Crippen LogP contribution in [0.2, 0.25) is 0 Å². The van der Waals surface area contributed by atoms with E-state index in [4.69, 9.17) is 9.57 Å². The van der Waals surface area contributed by atoms with Crippen molar-refractivity contribution in [2.75, 3.05) is 13.2 Å². The molecule has 2 aromatic carbocycles. The molecule has 0 spiro atoms. The fourth-order valence-corrected chi connectivity index (χ4v) is 3.58. The number of benzene rings is 2. The van der Waals surface area contributed by atoms with Crippen LogP contribution >= 0.6 is 0 Å². The van der Waals surface area contributed by atoms with Gasteiger partial charge < -0.3 is 16.1 Å². The Hall–Kier alpha value is -2.67. The Morgan fingerprint density at radius 1 is 1.06 bits per heavy atom. The van der Waals surface area contributed by atoms with E-state index in [2.05, 4.69) is 17.1 Å². The van der Waals surface area contributed by atoms with E-state index in [1.165, 1.54) is 0 Å². The van der Waals surface area contributed by atoms with Crippen molar-refractivity contribution in [3.63, 3.8) is 0 Å². The third kappa shape index (κ3) is 9.48. The zero-order valence-corrected chi connectivity index (χ0v) is 22.8. The molecule has 6 nitrogen and oxygen atoms in total. The van der Waals surface area contributed by atoms with Crippen LogP contribution in [0.1, 0.15) is 45.7 Å². The molecule has 7 heteroatoms. The number of hydrogen-bond acceptors (Lipinski definition) is 5. The molecule has 0 saturated heterocycles. The van der Waals surface area contributed by atoms with Crippen molar-refractivity contribution in [2.45, 2.75) is 39.5 Å². The summed E-state index contributed by atoms with van der Waals surface area (Å²) in [7, 11) is 0. The van der Waals surface area contributed by atoms with Crippen molar-refractivity contribution in [3.8, 4) is 17.0 Å². The number of carboxylic acid groups (broad SMARTS) is 1. The minimum absolute atomic E-state index is 0. The average molecular weight is 485 g/mol. The Labute approximate surface area is 231 Å². The Balaban J connectivity index is 0.00000324. The van der Waals surface area contributed by atoms with Gasteiger partial charge in [0, 0.05) is 11.8 Å². The number of ether oxygens (including phenoxy) is 1. The van der Waals surface area contributed by atoms with Gasteiger partial charge in [0.1, 0.15) is 12.4 Å². The molecule has 1 aromatic heterocycles. The monoisotopic (exact) mass is 484 g/mol. The van der Waals surface area contributed by atoms with Crippen LogP contribution in [0, 0.1) is 5.92 Å². The number of oxime groups is 1. The maximum atomic E-state index is 11.4. The number of aromatic nitrogens is 1. The molecular weight excluding hydrogens is 451 g/mol. The predicted octanol–water partition coefficient (Wildman–Crippen LogP) is 3.12. The van der Waals surface area contributed by atoms with E-state index in [1.807, 2.05) is 73.7 Å². The predicted molar refractivity (Wildman–Crippen MR) is 135 cm³/mol. The van der Waals surface area contributed by atoms with Crippen molar-refractivity contribution in [1.82, 2.24) is 4.98 Å². The SMILES string of the molecule is CCCCC(Cc1ccc(OCCON=C(C)c2ccc(-c3ccccn3)cc2)cc1)C(=O)O.[H-].[Na+]. The summed E-state index contributed by atoms with van der Waals surface area (Å²) < 4.78 is 5.71. The van der Waals surface area contributed by atoms with Gasteiger partial charge in [-0.25, -0.2) is 0 Å². The van der Waals surface area contributed by atoms with Gasteiger partial charge in [-0.15, -0.1) is 0 Å². The third-order valence-electron chi connectivity index (χ3n) is 5.57. The van der Waals surface area contributed by atoms with Gasteiger partial charge in [-0.1, -0.05) is 67.4 Å². The molecule has 180 valence electrons. The molecule has 0 bridgehead atoms. The van der Waals surface area contributed by atoms with Gasteiger partial charge in [-0.3, -0.25) is 9.78 Å². The summed E-state index contributed by atoms with van der Waals surface area (Å²) in [5.41, 5.74) is 4.75. The second-order valence-corrected chi connectivity index (χ2v) is 8.18. The van der Waals surface area contributed by atoms with Crippen molar-refractivity contribution < 1.29 is 50.5 Å². The van der Waals surface area contributed by atoms with Crippen LogP contribution < -0.4 is 34.3 Å². The van der Waals surface area contributed by atoms with E-state index in [0.29, 0.717) is 26.1 Å². The molecule has 3 rings (SSSR count). The summed E-state index contributed by atoms with van der Waals surface area (Å²) in [4.78, 5) is 21.2. The quantitative estimate of drug-likeness (QED) is 0.175. The number of pyridine rings is 1. The summed E-state index contributed by atoms with van der Waals surface area (Å²) in [6.07, 6.45) is 4.95. The number of unbranched alkanes of at least 4 members (excludes halogenated alkanes) is 1. The molecule has 0 fully saturated rings. The number of hydrogen-bond donors (Lipinski definition) is 1.